The van der Waals surface area contributed by atoms with Gasteiger partial charge in [0.1, 0.15) is 29.7 Å². The molecule has 2 aromatic rings. The van der Waals surface area contributed by atoms with Crippen molar-refractivity contribution in [1.82, 2.24) is 19.8 Å². The average molecular weight is 532 g/mol. The monoisotopic (exact) mass is 531 g/mol. The number of hydrogen-bond acceptors (Lipinski definition) is 5. The Morgan fingerprint density at radius 1 is 1.21 bits per heavy atom. The van der Waals surface area contributed by atoms with Crippen molar-refractivity contribution >= 4 is 17.4 Å². The first-order valence-corrected chi connectivity index (χ1v) is 14.6. The number of nitrogens with one attached hydrogen (secondary N) is 2. The minimum Gasteiger partial charge on any atom is -0.491 e. The highest BCUT2D eigenvalue weighted by molar-refractivity contribution is 6.04. The number of hydrogen-bond donors (Lipinski definition) is 2. The summed E-state index contributed by atoms with van der Waals surface area (Å²) >= 11 is 0. The SMILES string of the molecule is C=C[C@]1(C2CCN(C(C)C)CC2)CCCN1c1ccc2c(c1)OCCn1cc(/C(=N/C(C)=N)NC(C)C)nc1-2. The first-order chi connectivity index (χ1) is 18.7. The van der Waals surface area contributed by atoms with Crippen LogP contribution in [0.4, 0.5) is 5.69 Å². The summed E-state index contributed by atoms with van der Waals surface area (Å²) < 4.78 is 8.45. The Bertz CT molecular complexity index is 1240. The van der Waals surface area contributed by atoms with Crippen LogP contribution in [0.25, 0.3) is 11.4 Å². The zero-order chi connectivity index (χ0) is 27.7. The van der Waals surface area contributed by atoms with Gasteiger partial charge < -0.3 is 24.4 Å². The number of anilines is 1. The standard InChI is InChI=1S/C31H45N7O/c1-7-31(24-11-15-36(16-12-24)22(4)5)13-8-14-38(31)25-9-10-26-28(19-25)39-18-17-37-20-27(35-30(26)37)29(33-21(2)3)34-23(6)32/h7,9-10,19-22,24H,1,8,11-18H2,2-6H3,(H2,32,33,34)/t31-/m1/s1. The second-order valence-electron chi connectivity index (χ2n) is 11.9. The minimum absolute atomic E-state index is 0.00777. The van der Waals surface area contributed by atoms with Gasteiger partial charge in [-0.05, 0) is 91.4 Å². The summed E-state index contributed by atoms with van der Waals surface area (Å²) in [7, 11) is 0. The molecule has 1 atom stereocenters. The van der Waals surface area contributed by atoms with Gasteiger partial charge in [0, 0.05) is 36.6 Å². The molecular formula is C31H45N7O. The van der Waals surface area contributed by atoms with E-state index in [2.05, 4.69) is 83.2 Å². The molecule has 0 unspecified atom stereocenters. The van der Waals surface area contributed by atoms with Crippen molar-refractivity contribution in [3.8, 4) is 17.1 Å². The molecular weight excluding hydrogens is 486 g/mol. The third-order valence-electron chi connectivity index (χ3n) is 8.61. The molecule has 8 heteroatoms. The van der Waals surface area contributed by atoms with Gasteiger partial charge in [-0.2, -0.15) is 0 Å². The number of amidine groups is 2. The first kappa shape index (κ1) is 27.4. The zero-order valence-corrected chi connectivity index (χ0v) is 24.3. The van der Waals surface area contributed by atoms with Crippen molar-refractivity contribution in [2.75, 3.05) is 31.1 Å². The van der Waals surface area contributed by atoms with Gasteiger partial charge in [-0.25, -0.2) is 9.98 Å². The lowest BCUT2D eigenvalue weighted by molar-refractivity contribution is 0.122. The molecule has 0 bridgehead atoms. The van der Waals surface area contributed by atoms with Gasteiger partial charge >= 0.3 is 0 Å². The van der Waals surface area contributed by atoms with Crippen LogP contribution in [0.15, 0.2) is 42.0 Å². The quantitative estimate of drug-likeness (QED) is 0.299. The second-order valence-corrected chi connectivity index (χ2v) is 11.9. The van der Waals surface area contributed by atoms with E-state index in [0.29, 0.717) is 30.9 Å². The Labute approximate surface area is 233 Å². The van der Waals surface area contributed by atoms with Gasteiger partial charge in [-0.3, -0.25) is 5.41 Å². The average Bonchev–Trinajstić information content (AvgIpc) is 3.49. The fourth-order valence-electron chi connectivity index (χ4n) is 6.71. The number of aliphatic imine (C=N–C) groups is 1. The van der Waals surface area contributed by atoms with Crippen LogP contribution in [0.2, 0.25) is 0 Å². The first-order valence-electron chi connectivity index (χ1n) is 14.6. The normalized spacial score (nSPS) is 22.4. The highest BCUT2D eigenvalue weighted by Crippen LogP contribution is 2.46. The summed E-state index contributed by atoms with van der Waals surface area (Å²) in [5.41, 5.74) is 2.94. The molecule has 0 radical (unpaired) electrons. The molecule has 2 saturated heterocycles. The molecule has 4 heterocycles. The number of likely N-dealkylation sites (tertiary alicyclic amines) is 1. The van der Waals surface area contributed by atoms with Gasteiger partial charge in [-0.15, -0.1) is 6.58 Å². The van der Waals surface area contributed by atoms with Gasteiger partial charge in [0.25, 0.3) is 0 Å². The van der Waals surface area contributed by atoms with Crippen LogP contribution < -0.4 is 15.0 Å². The molecule has 0 saturated carbocycles. The van der Waals surface area contributed by atoms with E-state index in [0.717, 1.165) is 35.8 Å². The van der Waals surface area contributed by atoms with Gasteiger partial charge in [0.05, 0.1) is 17.6 Å². The number of benzene rings is 1. The second kappa shape index (κ2) is 11.2. The van der Waals surface area contributed by atoms with E-state index in [4.69, 9.17) is 15.1 Å². The molecule has 3 aliphatic heterocycles. The van der Waals surface area contributed by atoms with E-state index in [9.17, 15) is 0 Å². The van der Waals surface area contributed by atoms with E-state index in [1.165, 1.54) is 38.0 Å². The number of ether oxygens (including phenoxy) is 1. The van der Waals surface area contributed by atoms with Gasteiger partial charge in [-0.1, -0.05) is 6.08 Å². The van der Waals surface area contributed by atoms with Crippen molar-refractivity contribution in [2.24, 2.45) is 10.9 Å². The smallest absolute Gasteiger partial charge is 0.155 e. The maximum absolute atomic E-state index is 7.89. The van der Waals surface area contributed by atoms with Crippen LogP contribution in [0, 0.1) is 11.3 Å². The van der Waals surface area contributed by atoms with E-state index in [-0.39, 0.29) is 17.4 Å². The van der Waals surface area contributed by atoms with Gasteiger partial charge in [0.15, 0.2) is 5.84 Å². The molecule has 0 spiro atoms. The fraction of sp³-hybridized carbons (Fsp3) is 0.581. The molecule has 2 fully saturated rings. The Hall–Kier alpha value is -3.13. The molecule has 210 valence electrons. The molecule has 0 amide bonds. The summed E-state index contributed by atoms with van der Waals surface area (Å²) in [6.45, 7) is 19.5. The van der Waals surface area contributed by atoms with Crippen LogP contribution in [0.1, 0.15) is 66.0 Å². The molecule has 39 heavy (non-hydrogen) atoms. The van der Waals surface area contributed by atoms with Crippen LogP contribution in [0.5, 0.6) is 5.75 Å². The Balaban J connectivity index is 1.45. The molecule has 8 nitrogen and oxygen atoms in total. The summed E-state index contributed by atoms with van der Waals surface area (Å²) in [6.07, 6.45) is 9.03. The van der Waals surface area contributed by atoms with E-state index < -0.39 is 0 Å². The zero-order valence-electron chi connectivity index (χ0n) is 24.3. The summed E-state index contributed by atoms with van der Waals surface area (Å²) in [5.74, 6) is 3.25. The lowest BCUT2D eigenvalue weighted by Crippen LogP contribution is -2.52. The number of fused-ring (bicyclic) bond motifs is 3. The predicted octanol–water partition coefficient (Wildman–Crippen LogP) is 5.33. The molecule has 1 aromatic carbocycles. The topological polar surface area (TPSA) is 81.8 Å². The van der Waals surface area contributed by atoms with Crippen LogP contribution in [0.3, 0.4) is 0 Å². The van der Waals surface area contributed by atoms with Crippen molar-refractivity contribution < 1.29 is 4.74 Å². The van der Waals surface area contributed by atoms with E-state index in [1.807, 2.05) is 6.20 Å². The number of nitrogens with zero attached hydrogens (tertiary/aromatic N) is 5. The lowest BCUT2D eigenvalue weighted by atomic mass is 9.75. The molecule has 1 aromatic heterocycles. The van der Waals surface area contributed by atoms with Crippen molar-refractivity contribution in [1.29, 1.82) is 5.41 Å². The predicted molar refractivity (Wildman–Crippen MR) is 160 cm³/mol. The molecule has 5 rings (SSSR count). The third kappa shape index (κ3) is 5.36. The maximum atomic E-state index is 7.89. The Morgan fingerprint density at radius 2 is 1.97 bits per heavy atom. The molecule has 2 N–H and O–H groups in total. The minimum atomic E-state index is -0.00777. The number of rotatable bonds is 6. The molecule has 0 aliphatic carbocycles. The summed E-state index contributed by atoms with van der Waals surface area (Å²) in [5, 5.41) is 11.3. The van der Waals surface area contributed by atoms with Crippen LogP contribution >= 0.6 is 0 Å². The summed E-state index contributed by atoms with van der Waals surface area (Å²) in [6, 6.07) is 7.42. The van der Waals surface area contributed by atoms with Crippen molar-refractivity contribution in [3.63, 3.8) is 0 Å². The molecule has 3 aliphatic rings. The number of imidazole rings is 1. The van der Waals surface area contributed by atoms with Crippen LogP contribution in [-0.4, -0.2) is 70.0 Å². The summed E-state index contributed by atoms with van der Waals surface area (Å²) in [4.78, 5) is 14.6. The number of aromatic nitrogens is 2. The van der Waals surface area contributed by atoms with Crippen LogP contribution in [-0.2, 0) is 6.54 Å². The lowest BCUT2D eigenvalue weighted by Gasteiger charge is -2.47. The number of piperidine rings is 1. The van der Waals surface area contributed by atoms with E-state index >= 15 is 0 Å². The largest absolute Gasteiger partial charge is 0.491 e. The third-order valence-corrected chi connectivity index (χ3v) is 8.61. The highest BCUT2D eigenvalue weighted by atomic mass is 16.5. The maximum Gasteiger partial charge on any atom is 0.155 e. The van der Waals surface area contributed by atoms with Gasteiger partial charge in [0.2, 0.25) is 0 Å². The fourth-order valence-corrected chi connectivity index (χ4v) is 6.71. The Morgan fingerprint density at radius 3 is 2.64 bits per heavy atom. The van der Waals surface area contributed by atoms with E-state index in [1.54, 1.807) is 6.92 Å². The van der Waals surface area contributed by atoms with Crippen molar-refractivity contribution in [2.45, 2.75) is 84.5 Å². The Kier molecular flexibility index (Phi) is 7.85. The highest BCUT2D eigenvalue weighted by Gasteiger charge is 2.46. The van der Waals surface area contributed by atoms with Crippen molar-refractivity contribution in [3.05, 3.63) is 42.7 Å².